The second-order valence-electron chi connectivity index (χ2n) is 11.6. The van der Waals surface area contributed by atoms with E-state index < -0.39 is 20.9 Å². The van der Waals surface area contributed by atoms with Gasteiger partial charge in [-0.15, -0.1) is 0 Å². The smallest absolute Gasteiger partial charge is 0.270 e. The first kappa shape index (κ1) is 32.9. The molecule has 1 N–H and O–H groups in total. The molecule has 1 fully saturated rings. The zero-order chi connectivity index (χ0) is 33.7. The summed E-state index contributed by atoms with van der Waals surface area (Å²) < 4.78 is 28.3. The molecule has 1 aliphatic heterocycles. The molecule has 9 nitrogen and oxygen atoms in total. The molecule has 0 spiro atoms. The zero-order valence-corrected chi connectivity index (χ0v) is 27.5. The first-order valence-corrected chi connectivity index (χ1v) is 17.3. The van der Waals surface area contributed by atoms with Crippen molar-refractivity contribution in [2.75, 3.05) is 31.1 Å². The number of hydrogen-bond acceptors (Lipinski definition) is 7. The summed E-state index contributed by atoms with van der Waals surface area (Å²) in [5, 5.41) is 11.9. The predicted molar refractivity (Wildman–Crippen MR) is 188 cm³/mol. The lowest BCUT2D eigenvalue weighted by atomic mass is 9.98. The highest BCUT2D eigenvalue weighted by molar-refractivity contribution is 7.90. The molecule has 1 saturated heterocycles. The number of hydrogen-bond donors (Lipinski definition) is 1. The average Bonchev–Trinajstić information content (AvgIpc) is 3.09. The van der Waals surface area contributed by atoms with Crippen LogP contribution in [0.4, 0.5) is 11.4 Å². The summed E-state index contributed by atoms with van der Waals surface area (Å²) in [6.07, 6.45) is 0.412. The van der Waals surface area contributed by atoms with E-state index in [9.17, 15) is 23.3 Å². The van der Waals surface area contributed by atoms with E-state index in [4.69, 9.17) is 11.6 Å². The third-order valence-corrected chi connectivity index (χ3v) is 10.0. The standard InChI is InChI=1S/C37H33ClN4O5S/c38-31-15-13-28(14-16-31)35-12-5-4-9-29(35)26-40-19-21-41(22-20-40)32-17-18-36(30(24-32)23-27-7-2-1-3-8-27)37(43)39-48(46,47)34-11-6-10-33(25-34)42(44)45/h1-18,24-25H,19-23,26H2,(H,39,43). The quantitative estimate of drug-likeness (QED) is 0.126. The molecule has 48 heavy (non-hydrogen) atoms. The Hall–Kier alpha value is -5.03. The van der Waals surface area contributed by atoms with Crippen LogP contribution in [-0.2, 0) is 23.0 Å². The summed E-state index contributed by atoms with van der Waals surface area (Å²) in [5.74, 6) is -0.803. The SMILES string of the molecule is O=C(NS(=O)(=O)c1cccc([N+](=O)[O-])c1)c1ccc(N2CCN(Cc3ccccc3-c3ccc(Cl)cc3)CC2)cc1Cc1ccccc1. The van der Waals surface area contributed by atoms with E-state index in [1.165, 1.54) is 29.3 Å². The van der Waals surface area contributed by atoms with Crippen LogP contribution in [0.5, 0.6) is 0 Å². The maximum Gasteiger partial charge on any atom is 0.270 e. The molecular formula is C37H33ClN4O5S. The van der Waals surface area contributed by atoms with Crippen molar-refractivity contribution < 1.29 is 18.1 Å². The van der Waals surface area contributed by atoms with Crippen LogP contribution in [0.25, 0.3) is 11.1 Å². The minimum atomic E-state index is -4.36. The molecule has 5 aromatic rings. The molecule has 1 aliphatic rings. The lowest BCUT2D eigenvalue weighted by Gasteiger charge is -2.36. The molecule has 0 aliphatic carbocycles. The van der Waals surface area contributed by atoms with Crippen molar-refractivity contribution in [1.29, 1.82) is 0 Å². The van der Waals surface area contributed by atoms with Crippen LogP contribution < -0.4 is 9.62 Å². The number of piperazine rings is 1. The first-order chi connectivity index (χ1) is 23.2. The molecule has 0 unspecified atom stereocenters. The van der Waals surface area contributed by atoms with Gasteiger partial charge in [0.05, 0.1) is 9.82 Å². The third-order valence-electron chi connectivity index (χ3n) is 8.44. The maximum absolute atomic E-state index is 13.5. The minimum absolute atomic E-state index is 0.217. The average molecular weight is 681 g/mol. The lowest BCUT2D eigenvalue weighted by molar-refractivity contribution is -0.385. The Kier molecular flexibility index (Phi) is 9.86. The van der Waals surface area contributed by atoms with Gasteiger partial charge in [-0.1, -0.05) is 84.4 Å². The Bertz CT molecular complexity index is 2050. The molecule has 11 heteroatoms. The van der Waals surface area contributed by atoms with Gasteiger partial charge >= 0.3 is 0 Å². The fourth-order valence-corrected chi connectivity index (χ4v) is 7.07. The number of nitro groups is 1. The highest BCUT2D eigenvalue weighted by Crippen LogP contribution is 2.28. The molecule has 1 heterocycles. The number of benzene rings is 5. The molecule has 0 saturated carbocycles. The van der Waals surface area contributed by atoms with Crippen molar-refractivity contribution >= 4 is 38.9 Å². The normalized spacial score (nSPS) is 13.6. The number of rotatable bonds is 10. The molecule has 0 aromatic heterocycles. The number of anilines is 1. The summed E-state index contributed by atoms with van der Waals surface area (Å²) in [5.41, 5.74) is 5.97. The molecule has 244 valence electrons. The van der Waals surface area contributed by atoms with Crippen LogP contribution >= 0.6 is 11.6 Å². The molecular weight excluding hydrogens is 648 g/mol. The van der Waals surface area contributed by atoms with E-state index in [1.807, 2.05) is 72.8 Å². The van der Waals surface area contributed by atoms with E-state index in [0.29, 0.717) is 17.0 Å². The van der Waals surface area contributed by atoms with E-state index in [-0.39, 0.29) is 16.1 Å². The monoisotopic (exact) mass is 680 g/mol. The van der Waals surface area contributed by atoms with Gasteiger partial charge in [0.2, 0.25) is 0 Å². The van der Waals surface area contributed by atoms with Crippen molar-refractivity contribution in [3.05, 3.63) is 159 Å². The first-order valence-electron chi connectivity index (χ1n) is 15.5. The van der Waals surface area contributed by atoms with Crippen LogP contribution in [0, 0.1) is 10.1 Å². The van der Waals surface area contributed by atoms with Gasteiger partial charge in [-0.2, -0.15) is 0 Å². The highest BCUT2D eigenvalue weighted by Gasteiger charge is 2.24. The van der Waals surface area contributed by atoms with Crippen LogP contribution in [0.3, 0.4) is 0 Å². The molecule has 0 bridgehead atoms. The predicted octanol–water partition coefficient (Wildman–Crippen LogP) is 6.95. The van der Waals surface area contributed by atoms with Crippen molar-refractivity contribution in [2.24, 2.45) is 0 Å². The van der Waals surface area contributed by atoms with Gasteiger partial charge in [0.25, 0.3) is 21.6 Å². The summed E-state index contributed by atoms with van der Waals surface area (Å²) in [7, 11) is -4.36. The summed E-state index contributed by atoms with van der Waals surface area (Å²) >= 11 is 6.12. The van der Waals surface area contributed by atoms with Gasteiger partial charge in [0.1, 0.15) is 0 Å². The number of carbonyl (C=O) groups excluding carboxylic acids is 1. The number of carbonyl (C=O) groups is 1. The topological polar surface area (TPSA) is 113 Å². The summed E-state index contributed by atoms with van der Waals surface area (Å²) in [4.78, 5) is 28.3. The Morgan fingerprint density at radius 2 is 1.50 bits per heavy atom. The van der Waals surface area contributed by atoms with Crippen molar-refractivity contribution in [3.8, 4) is 11.1 Å². The van der Waals surface area contributed by atoms with Crippen molar-refractivity contribution in [1.82, 2.24) is 9.62 Å². The van der Waals surface area contributed by atoms with Crippen molar-refractivity contribution in [2.45, 2.75) is 17.9 Å². The van der Waals surface area contributed by atoms with Crippen LogP contribution in [0.2, 0.25) is 5.02 Å². The molecule has 0 radical (unpaired) electrons. The van der Waals surface area contributed by atoms with E-state index in [2.05, 4.69) is 32.7 Å². The Morgan fingerprint density at radius 1 is 0.792 bits per heavy atom. The maximum atomic E-state index is 13.5. The number of sulfonamides is 1. The number of non-ortho nitro benzene ring substituents is 1. The fraction of sp³-hybridized carbons (Fsp3) is 0.162. The Labute approximate surface area is 284 Å². The summed E-state index contributed by atoms with van der Waals surface area (Å²) in [6, 6.07) is 36.0. The molecule has 6 rings (SSSR count). The van der Waals surface area contributed by atoms with Crippen LogP contribution in [0.15, 0.2) is 126 Å². The Morgan fingerprint density at radius 3 is 2.23 bits per heavy atom. The fourth-order valence-electron chi connectivity index (χ4n) is 5.93. The van der Waals surface area contributed by atoms with E-state index in [0.717, 1.165) is 55.6 Å². The summed E-state index contributed by atoms with van der Waals surface area (Å²) in [6.45, 7) is 4.05. The number of nitrogens with zero attached hydrogens (tertiary/aromatic N) is 3. The van der Waals surface area contributed by atoms with E-state index in [1.54, 1.807) is 6.07 Å². The molecule has 5 aromatic carbocycles. The van der Waals surface area contributed by atoms with Gasteiger partial charge in [-0.3, -0.25) is 19.8 Å². The number of nitrogens with one attached hydrogen (secondary N) is 1. The van der Waals surface area contributed by atoms with Crippen LogP contribution in [0.1, 0.15) is 27.0 Å². The van der Waals surface area contributed by atoms with Crippen LogP contribution in [-0.4, -0.2) is 50.3 Å². The molecule has 1 amide bonds. The minimum Gasteiger partial charge on any atom is -0.369 e. The zero-order valence-electron chi connectivity index (χ0n) is 26.0. The van der Waals surface area contributed by atoms with Gasteiger partial charge < -0.3 is 4.90 Å². The third kappa shape index (κ3) is 7.74. The Balaban J connectivity index is 1.19. The van der Waals surface area contributed by atoms with Crippen molar-refractivity contribution in [3.63, 3.8) is 0 Å². The van der Waals surface area contributed by atoms with E-state index >= 15 is 0 Å². The number of nitro benzene ring substituents is 1. The van der Waals surface area contributed by atoms with Gasteiger partial charge in [-0.05, 0) is 70.6 Å². The second-order valence-corrected chi connectivity index (χ2v) is 13.7. The highest BCUT2D eigenvalue weighted by atomic mass is 35.5. The van der Waals surface area contributed by atoms with Gasteiger partial charge in [0, 0.05) is 61.1 Å². The lowest BCUT2D eigenvalue weighted by Crippen LogP contribution is -2.46. The number of amides is 1. The number of halogens is 1. The largest absolute Gasteiger partial charge is 0.369 e. The van der Waals surface area contributed by atoms with Gasteiger partial charge in [0.15, 0.2) is 0 Å². The van der Waals surface area contributed by atoms with Gasteiger partial charge in [-0.25, -0.2) is 13.1 Å². The molecule has 0 atom stereocenters. The second kappa shape index (κ2) is 14.4.